The largest absolute Gasteiger partial charge is 0.0625 e. The van der Waals surface area contributed by atoms with Gasteiger partial charge in [0.1, 0.15) is 0 Å². The first kappa shape index (κ1) is 17.0. The van der Waals surface area contributed by atoms with Crippen molar-refractivity contribution < 1.29 is 0 Å². The third-order valence-corrected chi connectivity index (χ3v) is 3.62. The van der Waals surface area contributed by atoms with Crippen molar-refractivity contribution in [3.63, 3.8) is 0 Å². The fraction of sp³-hybridized carbons (Fsp3) is 0.941. The molecule has 0 aliphatic heterocycles. The summed E-state index contributed by atoms with van der Waals surface area (Å²) in [5.74, 6) is 0.835. The fourth-order valence-corrected chi connectivity index (χ4v) is 2.18. The summed E-state index contributed by atoms with van der Waals surface area (Å²) in [6.07, 6.45) is 13.9. The van der Waals surface area contributed by atoms with E-state index >= 15 is 0 Å². The molecule has 0 spiro atoms. The van der Waals surface area contributed by atoms with Gasteiger partial charge in [-0.25, -0.2) is 0 Å². The molecule has 0 nitrogen and oxygen atoms in total. The van der Waals surface area contributed by atoms with E-state index in [1.165, 1.54) is 57.8 Å². The van der Waals surface area contributed by atoms with Crippen LogP contribution in [0.15, 0.2) is 0 Å². The Kier molecular flexibility index (Phi) is 9.97. The second kappa shape index (κ2) is 9.97. The highest BCUT2D eigenvalue weighted by atomic mass is 14.1. The van der Waals surface area contributed by atoms with E-state index in [0.717, 1.165) is 12.3 Å². The van der Waals surface area contributed by atoms with Gasteiger partial charge in [0.05, 0.1) is 0 Å². The summed E-state index contributed by atoms with van der Waals surface area (Å²) < 4.78 is 0. The Morgan fingerprint density at radius 1 is 0.824 bits per heavy atom. The molecule has 0 heterocycles. The van der Waals surface area contributed by atoms with E-state index in [9.17, 15) is 0 Å². The second-order valence-corrected chi connectivity index (χ2v) is 6.97. The van der Waals surface area contributed by atoms with Crippen molar-refractivity contribution in [1.29, 1.82) is 0 Å². The van der Waals surface area contributed by atoms with Gasteiger partial charge in [0.2, 0.25) is 0 Å². The topological polar surface area (TPSA) is 0 Å². The lowest BCUT2D eigenvalue weighted by atomic mass is 9.89. The third-order valence-electron chi connectivity index (χ3n) is 3.62. The van der Waals surface area contributed by atoms with Crippen molar-refractivity contribution in [2.45, 2.75) is 91.9 Å². The van der Waals surface area contributed by atoms with Crippen LogP contribution in [0.5, 0.6) is 0 Å². The highest BCUT2D eigenvalue weighted by molar-refractivity contribution is 4.61. The maximum Gasteiger partial charge on any atom is -0.0383 e. The molecular weight excluding hydrogens is 204 g/mol. The van der Waals surface area contributed by atoms with Crippen LogP contribution in [0, 0.1) is 18.3 Å². The average molecular weight is 239 g/mol. The molecule has 0 aromatic heterocycles. The fourth-order valence-electron chi connectivity index (χ4n) is 2.18. The summed E-state index contributed by atoms with van der Waals surface area (Å²) in [7, 11) is 0. The number of hydrogen-bond donors (Lipinski definition) is 0. The van der Waals surface area contributed by atoms with Gasteiger partial charge in [-0.15, -0.1) is 0 Å². The molecule has 0 bridgehead atoms. The molecule has 0 saturated heterocycles. The molecule has 0 rings (SSSR count). The first-order chi connectivity index (χ1) is 7.95. The second-order valence-electron chi connectivity index (χ2n) is 6.97. The lowest BCUT2D eigenvalue weighted by Crippen LogP contribution is -2.03. The molecule has 0 N–H and O–H groups in total. The Morgan fingerprint density at radius 2 is 1.29 bits per heavy atom. The molecule has 0 aliphatic carbocycles. The van der Waals surface area contributed by atoms with Crippen LogP contribution < -0.4 is 0 Å². The highest BCUT2D eigenvalue weighted by Crippen LogP contribution is 2.22. The van der Waals surface area contributed by atoms with Crippen LogP contribution >= 0.6 is 0 Å². The molecule has 17 heavy (non-hydrogen) atoms. The zero-order valence-corrected chi connectivity index (χ0v) is 12.9. The summed E-state index contributed by atoms with van der Waals surface area (Å²) in [5, 5.41) is 0. The Hall–Kier alpha value is 0. The number of unbranched alkanes of at least 4 members (excludes halogenated alkanes) is 6. The van der Waals surface area contributed by atoms with Gasteiger partial charge in [-0.3, -0.25) is 0 Å². The smallest absolute Gasteiger partial charge is 0.0383 e. The average Bonchev–Trinajstić information content (AvgIpc) is 2.25. The van der Waals surface area contributed by atoms with Gasteiger partial charge in [-0.05, 0) is 17.8 Å². The molecule has 1 radical (unpaired) electrons. The van der Waals surface area contributed by atoms with Crippen molar-refractivity contribution in [2.24, 2.45) is 11.3 Å². The predicted octanol–water partition coefficient (Wildman–Crippen LogP) is 6.40. The maximum atomic E-state index is 3.95. The van der Waals surface area contributed by atoms with E-state index in [-0.39, 0.29) is 0 Å². The lowest BCUT2D eigenvalue weighted by molar-refractivity contribution is 0.356. The van der Waals surface area contributed by atoms with Gasteiger partial charge in [-0.2, -0.15) is 0 Å². The van der Waals surface area contributed by atoms with E-state index in [1.54, 1.807) is 0 Å². The predicted molar refractivity (Wildman–Crippen MR) is 80.1 cm³/mol. The van der Waals surface area contributed by atoms with Crippen molar-refractivity contribution in [3.8, 4) is 0 Å². The first-order valence-electron chi connectivity index (χ1n) is 7.75. The van der Waals surface area contributed by atoms with Gasteiger partial charge in [0.15, 0.2) is 0 Å². The molecule has 0 amide bonds. The minimum Gasteiger partial charge on any atom is -0.0625 e. The molecule has 0 aromatic rings. The molecule has 0 fully saturated rings. The third kappa shape index (κ3) is 13.9. The molecule has 0 aliphatic rings. The molecule has 0 aromatic carbocycles. The van der Waals surface area contributed by atoms with Crippen molar-refractivity contribution >= 4 is 0 Å². The van der Waals surface area contributed by atoms with Crippen LogP contribution in [-0.2, 0) is 0 Å². The zero-order valence-electron chi connectivity index (χ0n) is 12.9. The highest BCUT2D eigenvalue weighted by Gasteiger charge is 2.08. The van der Waals surface area contributed by atoms with E-state index in [4.69, 9.17) is 0 Å². The molecule has 0 heteroatoms. The quantitative estimate of drug-likeness (QED) is 0.387. The molecule has 1 unspecified atom stereocenters. The van der Waals surface area contributed by atoms with Gasteiger partial charge in [-0.1, -0.05) is 92.4 Å². The van der Waals surface area contributed by atoms with Crippen molar-refractivity contribution in [3.05, 3.63) is 6.92 Å². The minimum atomic E-state index is 0.532. The Morgan fingerprint density at radius 3 is 1.76 bits per heavy atom. The van der Waals surface area contributed by atoms with Gasteiger partial charge >= 0.3 is 0 Å². The van der Waals surface area contributed by atoms with Gasteiger partial charge < -0.3 is 0 Å². The van der Waals surface area contributed by atoms with Crippen LogP contribution in [0.4, 0.5) is 0 Å². The van der Waals surface area contributed by atoms with Crippen LogP contribution in [0.1, 0.15) is 91.9 Å². The normalized spacial score (nSPS) is 13.9. The molecular formula is C17H35. The minimum absolute atomic E-state index is 0.532. The Balaban J connectivity index is 3.09. The first-order valence-corrected chi connectivity index (χ1v) is 7.75. The van der Waals surface area contributed by atoms with E-state index < -0.39 is 0 Å². The van der Waals surface area contributed by atoms with Crippen LogP contribution in [0.3, 0.4) is 0 Å². The zero-order chi connectivity index (χ0) is 13.1. The molecule has 1 atom stereocenters. The van der Waals surface area contributed by atoms with Crippen molar-refractivity contribution in [1.82, 2.24) is 0 Å². The van der Waals surface area contributed by atoms with E-state index in [2.05, 4.69) is 34.6 Å². The molecule has 103 valence electrons. The summed E-state index contributed by atoms with van der Waals surface area (Å²) >= 11 is 0. The van der Waals surface area contributed by atoms with Crippen LogP contribution in [-0.4, -0.2) is 0 Å². The standard InChI is InChI=1S/C17H35/c1-6-16(2)14-12-10-8-7-9-11-13-15-17(3,4)5/h16H,1,6-15H2,2-5H3. The summed E-state index contributed by atoms with van der Waals surface area (Å²) in [6.45, 7) is 13.3. The van der Waals surface area contributed by atoms with Crippen molar-refractivity contribution in [2.75, 3.05) is 0 Å². The van der Waals surface area contributed by atoms with E-state index in [0.29, 0.717) is 5.41 Å². The summed E-state index contributed by atoms with van der Waals surface area (Å²) in [6, 6.07) is 0. The van der Waals surface area contributed by atoms with Gasteiger partial charge in [0, 0.05) is 0 Å². The SMILES string of the molecule is [CH2]CC(C)CCCCCCCCCC(C)(C)C. The summed E-state index contributed by atoms with van der Waals surface area (Å²) in [4.78, 5) is 0. The van der Waals surface area contributed by atoms with Gasteiger partial charge in [0.25, 0.3) is 0 Å². The lowest BCUT2D eigenvalue weighted by Gasteiger charge is -2.17. The number of hydrogen-bond acceptors (Lipinski definition) is 0. The summed E-state index contributed by atoms with van der Waals surface area (Å²) in [5.41, 5.74) is 0.532. The van der Waals surface area contributed by atoms with E-state index in [1.807, 2.05) is 0 Å². The molecule has 0 saturated carbocycles. The number of rotatable bonds is 10. The monoisotopic (exact) mass is 239 g/mol. The Bertz CT molecular complexity index is 152. The maximum absolute atomic E-state index is 3.95. The van der Waals surface area contributed by atoms with Crippen LogP contribution in [0.25, 0.3) is 0 Å². The Labute approximate surface area is 111 Å². The van der Waals surface area contributed by atoms with Crippen LogP contribution in [0.2, 0.25) is 0 Å².